The third kappa shape index (κ3) is 14.8. The fourth-order valence-electron chi connectivity index (χ4n) is 2.95. The molecule has 12 nitrogen and oxygen atoms in total. The zero-order valence-electron chi connectivity index (χ0n) is 21.2. The maximum Gasteiger partial charge on any atom is 0.705 e. The van der Waals surface area contributed by atoms with Crippen LogP contribution in [0.1, 0.15) is 54.4 Å². The molecule has 204 valence electrons. The van der Waals surface area contributed by atoms with Crippen molar-refractivity contribution in [1.29, 1.82) is 0 Å². The predicted octanol–water partition coefficient (Wildman–Crippen LogP) is 2.67. The first-order valence-corrected chi connectivity index (χ1v) is 15.9. The third-order valence-corrected chi connectivity index (χ3v) is 10.7. The lowest BCUT2D eigenvalue weighted by Gasteiger charge is -2.29. The summed E-state index contributed by atoms with van der Waals surface area (Å²) in [7, 11) is -7.49. The SMILES string of the molecule is CCOC(=S)C[Si](CCC(=S)OCCC[Si](OC(C)=O)(OC(C)=O)OC(C)=O)(OC(C)=O)OC(C)=O. The maximum absolute atomic E-state index is 11.7. The molecule has 0 heterocycles. The summed E-state index contributed by atoms with van der Waals surface area (Å²) in [6.07, 6.45) is 0.252. The zero-order chi connectivity index (χ0) is 27.9. The van der Waals surface area contributed by atoms with Crippen LogP contribution in [-0.2, 0) is 55.6 Å². The number of thiocarbonyl (C=S) groups is 2. The third-order valence-electron chi connectivity index (χ3n) is 3.88. The van der Waals surface area contributed by atoms with E-state index in [1.807, 2.05) is 0 Å². The van der Waals surface area contributed by atoms with Crippen LogP contribution in [0.25, 0.3) is 0 Å². The van der Waals surface area contributed by atoms with Gasteiger partial charge in [0.25, 0.3) is 29.8 Å². The second-order valence-electron chi connectivity index (χ2n) is 7.37. The van der Waals surface area contributed by atoms with Crippen LogP contribution < -0.4 is 0 Å². The van der Waals surface area contributed by atoms with Gasteiger partial charge in [-0.2, -0.15) is 0 Å². The summed E-state index contributed by atoms with van der Waals surface area (Å²) < 4.78 is 37.0. The summed E-state index contributed by atoms with van der Waals surface area (Å²) in [6.45, 7) is 7.71. The Balaban J connectivity index is 5.23. The molecular formula is C20H32O12S2Si2. The average molecular weight is 585 g/mol. The minimum Gasteiger partial charge on any atom is -0.487 e. The minimum atomic E-state index is -3.98. The van der Waals surface area contributed by atoms with Crippen molar-refractivity contribution in [2.45, 2.75) is 72.5 Å². The molecule has 0 aliphatic heterocycles. The van der Waals surface area contributed by atoms with Gasteiger partial charge < -0.3 is 31.6 Å². The normalized spacial score (nSPS) is 10.9. The number of hydrogen-bond donors (Lipinski definition) is 0. The molecule has 0 radical (unpaired) electrons. The number of hydrogen-bond acceptors (Lipinski definition) is 14. The highest BCUT2D eigenvalue weighted by Crippen LogP contribution is 2.25. The van der Waals surface area contributed by atoms with E-state index in [0.717, 1.165) is 20.8 Å². The van der Waals surface area contributed by atoms with Gasteiger partial charge in [-0.25, -0.2) is 0 Å². The Morgan fingerprint density at radius 1 is 0.639 bits per heavy atom. The Kier molecular flexibility index (Phi) is 15.2. The average Bonchev–Trinajstić information content (AvgIpc) is 2.67. The first kappa shape index (κ1) is 33.6. The summed E-state index contributed by atoms with van der Waals surface area (Å²) in [5.41, 5.74) is 0. The van der Waals surface area contributed by atoms with E-state index in [-0.39, 0.29) is 47.7 Å². The lowest BCUT2D eigenvalue weighted by atomic mass is 10.5. The molecule has 16 heteroatoms. The van der Waals surface area contributed by atoms with Gasteiger partial charge in [-0.1, -0.05) is 0 Å². The molecule has 0 unspecified atom stereocenters. The lowest BCUT2D eigenvalue weighted by molar-refractivity contribution is -0.148. The molecule has 0 amide bonds. The Morgan fingerprint density at radius 3 is 1.47 bits per heavy atom. The van der Waals surface area contributed by atoms with Gasteiger partial charge in [0.15, 0.2) is 10.1 Å². The number of rotatable bonds is 15. The first-order valence-electron chi connectivity index (χ1n) is 10.9. The Labute approximate surface area is 222 Å². The van der Waals surface area contributed by atoms with E-state index in [1.54, 1.807) is 6.92 Å². The van der Waals surface area contributed by atoms with Crippen molar-refractivity contribution in [2.75, 3.05) is 13.2 Å². The van der Waals surface area contributed by atoms with E-state index in [4.69, 9.17) is 56.0 Å². The van der Waals surface area contributed by atoms with Crippen molar-refractivity contribution in [1.82, 2.24) is 0 Å². The standard InChI is InChI=1S/C20H32O12S2Si2/c1-7-26-20(34)13-35(28-14(2)21,29-15(3)22)12-9-19(33)27-10-8-11-36(30-16(4)23,31-17(5)24)32-18(6)25/h7-13H2,1-6H3. The predicted molar refractivity (Wildman–Crippen MR) is 137 cm³/mol. The topological polar surface area (TPSA) is 150 Å². The Bertz CT molecular complexity index is 792. The molecule has 0 aromatic heterocycles. The fourth-order valence-corrected chi connectivity index (χ4v) is 9.18. The maximum atomic E-state index is 11.7. The van der Waals surface area contributed by atoms with Crippen molar-refractivity contribution >= 4 is 81.7 Å². The van der Waals surface area contributed by atoms with Crippen molar-refractivity contribution in [3.63, 3.8) is 0 Å². The van der Waals surface area contributed by atoms with Crippen LogP contribution in [0.4, 0.5) is 0 Å². The summed E-state index contributed by atoms with van der Waals surface area (Å²) >= 11 is 10.4. The summed E-state index contributed by atoms with van der Waals surface area (Å²) in [5, 5.41) is 0.259. The largest absolute Gasteiger partial charge is 0.705 e. The molecule has 0 aromatic rings. The van der Waals surface area contributed by atoms with E-state index in [0.29, 0.717) is 6.61 Å². The van der Waals surface area contributed by atoms with Crippen molar-refractivity contribution in [2.24, 2.45) is 0 Å². The van der Waals surface area contributed by atoms with Gasteiger partial charge in [-0.15, -0.1) is 0 Å². The Morgan fingerprint density at radius 2 is 1.08 bits per heavy atom. The highest BCUT2D eigenvalue weighted by Gasteiger charge is 2.51. The van der Waals surface area contributed by atoms with Crippen molar-refractivity contribution in [3.05, 3.63) is 0 Å². The van der Waals surface area contributed by atoms with Gasteiger partial charge in [-0.3, -0.25) is 24.0 Å². The first-order chi connectivity index (χ1) is 16.6. The van der Waals surface area contributed by atoms with E-state index in [1.165, 1.54) is 13.8 Å². The molecule has 0 aliphatic carbocycles. The molecule has 0 atom stereocenters. The lowest BCUT2D eigenvalue weighted by Crippen LogP contribution is -2.49. The van der Waals surface area contributed by atoms with E-state index in [9.17, 15) is 24.0 Å². The molecule has 0 aromatic carbocycles. The van der Waals surface area contributed by atoms with Crippen LogP contribution in [0.2, 0.25) is 18.1 Å². The van der Waals surface area contributed by atoms with E-state index < -0.39 is 47.2 Å². The second-order valence-corrected chi connectivity index (χ2v) is 13.8. The highest BCUT2D eigenvalue weighted by atomic mass is 32.1. The fraction of sp³-hybridized carbons (Fsp3) is 0.650. The molecule has 0 bridgehead atoms. The van der Waals surface area contributed by atoms with Crippen molar-refractivity contribution < 1.29 is 55.6 Å². The van der Waals surface area contributed by atoms with Gasteiger partial charge in [0.05, 0.1) is 25.3 Å². The monoisotopic (exact) mass is 584 g/mol. The number of carbonyl (C=O) groups excluding carboxylic acids is 5. The molecule has 0 aliphatic rings. The van der Waals surface area contributed by atoms with Gasteiger partial charge in [-0.05, 0) is 37.8 Å². The van der Waals surface area contributed by atoms with Crippen LogP contribution in [0.3, 0.4) is 0 Å². The van der Waals surface area contributed by atoms with Crippen LogP contribution >= 0.6 is 24.4 Å². The molecule has 0 rings (SSSR count). The number of carbonyl (C=O) groups is 5. The van der Waals surface area contributed by atoms with E-state index >= 15 is 0 Å². The molecule has 0 N–H and O–H groups in total. The van der Waals surface area contributed by atoms with Gasteiger partial charge in [0, 0.05) is 47.1 Å². The molecule has 36 heavy (non-hydrogen) atoms. The van der Waals surface area contributed by atoms with Gasteiger partial charge in [0.1, 0.15) is 0 Å². The van der Waals surface area contributed by atoms with Crippen LogP contribution in [0, 0.1) is 0 Å². The van der Waals surface area contributed by atoms with Crippen LogP contribution in [0.15, 0.2) is 0 Å². The highest BCUT2D eigenvalue weighted by molar-refractivity contribution is 7.80. The summed E-state index contributed by atoms with van der Waals surface area (Å²) in [4.78, 5) is 58.0. The van der Waals surface area contributed by atoms with Crippen LogP contribution in [0.5, 0.6) is 0 Å². The second kappa shape index (κ2) is 16.3. The van der Waals surface area contributed by atoms with Gasteiger partial charge >= 0.3 is 17.4 Å². The number of ether oxygens (including phenoxy) is 2. The summed E-state index contributed by atoms with van der Waals surface area (Å²) in [5.74, 6) is -3.61. The van der Waals surface area contributed by atoms with Gasteiger partial charge in [0.2, 0.25) is 0 Å². The molecule has 0 fully saturated rings. The minimum absolute atomic E-state index is 0.00439. The van der Waals surface area contributed by atoms with Crippen molar-refractivity contribution in [3.8, 4) is 0 Å². The zero-order valence-corrected chi connectivity index (χ0v) is 24.8. The summed E-state index contributed by atoms with van der Waals surface area (Å²) in [6, 6.07) is -0.0545. The smallest absolute Gasteiger partial charge is 0.487 e. The molecular weight excluding hydrogens is 553 g/mol. The van der Waals surface area contributed by atoms with Crippen LogP contribution in [-0.4, -0.2) is 70.5 Å². The quantitative estimate of drug-likeness (QED) is 0.158. The van der Waals surface area contributed by atoms with E-state index in [2.05, 4.69) is 0 Å². The molecule has 0 spiro atoms. The Hall–Kier alpha value is -2.44. The molecule has 0 saturated carbocycles. The molecule has 0 saturated heterocycles.